The summed E-state index contributed by atoms with van der Waals surface area (Å²) in [5.41, 5.74) is 0.268. The van der Waals surface area contributed by atoms with Crippen LogP contribution >= 0.6 is 15.9 Å². The van der Waals surface area contributed by atoms with Gasteiger partial charge in [0.2, 0.25) is 0 Å². The van der Waals surface area contributed by atoms with E-state index in [1.165, 1.54) is 12.1 Å². The Morgan fingerprint density at radius 2 is 1.70 bits per heavy atom. The molecule has 0 bridgehead atoms. The van der Waals surface area contributed by atoms with Gasteiger partial charge in [-0.2, -0.15) is 13.2 Å². The minimum atomic E-state index is -4.40. The lowest BCUT2D eigenvalue weighted by molar-refractivity contribution is -0.144. The number of alkyl halides is 3. The maximum Gasteiger partial charge on any atom is 0.406 e. The van der Waals surface area contributed by atoms with Gasteiger partial charge in [0, 0.05) is 16.1 Å². The monoisotopic (exact) mass is 351 g/mol. The van der Waals surface area contributed by atoms with Gasteiger partial charge in [-0.15, -0.1) is 0 Å². The highest BCUT2D eigenvalue weighted by molar-refractivity contribution is 9.10. The van der Waals surface area contributed by atoms with Crippen molar-refractivity contribution in [2.45, 2.75) is 38.9 Å². The number of carbonyl (C=O) groups is 1. The van der Waals surface area contributed by atoms with Crippen LogP contribution in [0.25, 0.3) is 0 Å². The van der Waals surface area contributed by atoms with E-state index in [0.29, 0.717) is 12.8 Å². The SMILES string of the molecule is CCC(CC)N(CC(F)(F)F)C(=O)c1ccc(Br)cc1. The Bertz CT molecular complexity index is 441. The number of rotatable bonds is 5. The Kier molecular flexibility index (Phi) is 6.05. The summed E-state index contributed by atoms with van der Waals surface area (Å²) in [5, 5.41) is 0. The van der Waals surface area contributed by atoms with E-state index in [1.54, 1.807) is 26.0 Å². The van der Waals surface area contributed by atoms with Crippen LogP contribution in [-0.2, 0) is 0 Å². The van der Waals surface area contributed by atoms with Crippen molar-refractivity contribution in [2.24, 2.45) is 0 Å². The van der Waals surface area contributed by atoms with Gasteiger partial charge in [-0.25, -0.2) is 0 Å². The molecule has 1 aromatic rings. The largest absolute Gasteiger partial charge is 0.406 e. The van der Waals surface area contributed by atoms with Gasteiger partial charge in [-0.1, -0.05) is 29.8 Å². The second-order valence-electron chi connectivity index (χ2n) is 4.53. The minimum Gasteiger partial charge on any atom is -0.327 e. The third-order valence-corrected chi connectivity index (χ3v) is 3.61. The average Bonchev–Trinajstić information content (AvgIpc) is 2.37. The lowest BCUT2D eigenvalue weighted by Gasteiger charge is -2.31. The molecule has 112 valence electrons. The summed E-state index contributed by atoms with van der Waals surface area (Å²) in [6.45, 7) is 2.35. The van der Waals surface area contributed by atoms with Crippen LogP contribution in [0.4, 0.5) is 13.2 Å². The maximum absolute atomic E-state index is 12.7. The first kappa shape index (κ1) is 17.0. The number of hydrogen-bond donors (Lipinski definition) is 0. The van der Waals surface area contributed by atoms with Crippen LogP contribution in [0.2, 0.25) is 0 Å². The zero-order valence-electron chi connectivity index (χ0n) is 11.4. The van der Waals surface area contributed by atoms with E-state index in [2.05, 4.69) is 15.9 Å². The van der Waals surface area contributed by atoms with Crippen molar-refractivity contribution in [3.63, 3.8) is 0 Å². The molecule has 0 unspecified atom stereocenters. The maximum atomic E-state index is 12.7. The first-order valence-corrected chi connectivity index (χ1v) is 7.21. The smallest absolute Gasteiger partial charge is 0.327 e. The van der Waals surface area contributed by atoms with Crippen molar-refractivity contribution >= 4 is 21.8 Å². The Labute approximate surface area is 125 Å². The summed E-state index contributed by atoms with van der Waals surface area (Å²) < 4.78 is 38.8. The highest BCUT2D eigenvalue weighted by Crippen LogP contribution is 2.23. The quantitative estimate of drug-likeness (QED) is 0.756. The number of nitrogens with zero attached hydrogens (tertiary/aromatic N) is 1. The van der Waals surface area contributed by atoms with E-state index in [-0.39, 0.29) is 5.56 Å². The first-order valence-electron chi connectivity index (χ1n) is 6.41. The summed E-state index contributed by atoms with van der Waals surface area (Å²) in [7, 11) is 0. The molecule has 2 nitrogen and oxygen atoms in total. The molecular formula is C14H17BrF3NO. The van der Waals surface area contributed by atoms with Crippen molar-refractivity contribution in [2.75, 3.05) is 6.54 Å². The molecule has 0 N–H and O–H groups in total. The van der Waals surface area contributed by atoms with Crippen LogP contribution in [0.3, 0.4) is 0 Å². The average molecular weight is 352 g/mol. The molecule has 1 aromatic carbocycles. The second-order valence-corrected chi connectivity index (χ2v) is 5.44. The lowest BCUT2D eigenvalue weighted by atomic mass is 10.1. The molecule has 0 aliphatic carbocycles. The normalized spacial score (nSPS) is 11.8. The van der Waals surface area contributed by atoms with Gasteiger partial charge in [0.15, 0.2) is 0 Å². The van der Waals surface area contributed by atoms with Crippen LogP contribution in [0.15, 0.2) is 28.7 Å². The highest BCUT2D eigenvalue weighted by Gasteiger charge is 2.35. The Balaban J connectivity index is 3.02. The molecule has 6 heteroatoms. The van der Waals surface area contributed by atoms with E-state index in [4.69, 9.17) is 0 Å². The molecular weight excluding hydrogens is 335 g/mol. The summed E-state index contributed by atoms with van der Waals surface area (Å²) in [4.78, 5) is 13.2. The van der Waals surface area contributed by atoms with Crippen LogP contribution < -0.4 is 0 Å². The summed E-state index contributed by atoms with van der Waals surface area (Å²) in [6.07, 6.45) is -3.41. The number of halogens is 4. The molecule has 0 heterocycles. The predicted molar refractivity (Wildman–Crippen MR) is 75.6 cm³/mol. The van der Waals surface area contributed by atoms with E-state index in [0.717, 1.165) is 9.37 Å². The molecule has 0 aromatic heterocycles. The molecule has 0 saturated heterocycles. The van der Waals surface area contributed by atoms with E-state index in [9.17, 15) is 18.0 Å². The fraction of sp³-hybridized carbons (Fsp3) is 0.500. The van der Waals surface area contributed by atoms with Gasteiger partial charge < -0.3 is 4.90 Å². The standard InChI is InChI=1S/C14H17BrF3NO/c1-3-12(4-2)19(9-14(16,17)18)13(20)10-5-7-11(15)8-6-10/h5-8,12H,3-4,9H2,1-2H3. The molecule has 1 rings (SSSR count). The van der Waals surface area contributed by atoms with E-state index in [1.807, 2.05) is 0 Å². The van der Waals surface area contributed by atoms with Gasteiger partial charge >= 0.3 is 6.18 Å². The molecule has 0 spiro atoms. The second kappa shape index (κ2) is 7.11. The van der Waals surface area contributed by atoms with Gasteiger partial charge in [0.05, 0.1) is 0 Å². The van der Waals surface area contributed by atoms with Crippen molar-refractivity contribution in [1.82, 2.24) is 4.90 Å². The fourth-order valence-electron chi connectivity index (χ4n) is 2.05. The Hall–Kier alpha value is -1.04. The topological polar surface area (TPSA) is 20.3 Å². The van der Waals surface area contributed by atoms with Crippen molar-refractivity contribution < 1.29 is 18.0 Å². The van der Waals surface area contributed by atoms with E-state index >= 15 is 0 Å². The molecule has 0 aliphatic heterocycles. The van der Waals surface area contributed by atoms with Gasteiger partial charge in [0.25, 0.3) is 5.91 Å². The molecule has 0 aliphatic rings. The number of amides is 1. The highest BCUT2D eigenvalue weighted by atomic mass is 79.9. The molecule has 0 saturated carbocycles. The van der Waals surface area contributed by atoms with Gasteiger partial charge in [-0.05, 0) is 37.1 Å². The van der Waals surface area contributed by atoms with Crippen molar-refractivity contribution in [3.8, 4) is 0 Å². The number of benzene rings is 1. The number of carbonyl (C=O) groups excluding carboxylic acids is 1. The number of hydrogen-bond acceptors (Lipinski definition) is 1. The van der Waals surface area contributed by atoms with Crippen molar-refractivity contribution in [3.05, 3.63) is 34.3 Å². The lowest BCUT2D eigenvalue weighted by Crippen LogP contribution is -2.45. The third-order valence-electron chi connectivity index (χ3n) is 3.08. The Morgan fingerprint density at radius 3 is 2.10 bits per heavy atom. The molecule has 0 atom stereocenters. The minimum absolute atomic E-state index is 0.268. The molecule has 0 fully saturated rings. The molecule has 0 radical (unpaired) electrons. The van der Waals surface area contributed by atoms with Gasteiger partial charge in [-0.3, -0.25) is 4.79 Å². The van der Waals surface area contributed by atoms with Crippen LogP contribution in [0.5, 0.6) is 0 Å². The summed E-state index contributed by atoms with van der Waals surface area (Å²) in [6, 6.07) is 5.93. The van der Waals surface area contributed by atoms with Gasteiger partial charge in [0.1, 0.15) is 6.54 Å². The van der Waals surface area contributed by atoms with E-state index < -0.39 is 24.7 Å². The fourth-order valence-corrected chi connectivity index (χ4v) is 2.31. The zero-order chi connectivity index (χ0) is 15.3. The zero-order valence-corrected chi connectivity index (χ0v) is 13.0. The third kappa shape index (κ3) is 4.81. The van der Waals surface area contributed by atoms with Crippen molar-refractivity contribution in [1.29, 1.82) is 0 Å². The van der Waals surface area contributed by atoms with Crippen LogP contribution in [0.1, 0.15) is 37.0 Å². The summed E-state index contributed by atoms with van der Waals surface area (Å²) in [5.74, 6) is -0.580. The Morgan fingerprint density at radius 1 is 1.20 bits per heavy atom. The van der Waals surface area contributed by atoms with Crippen LogP contribution in [-0.4, -0.2) is 29.6 Å². The van der Waals surface area contributed by atoms with Crippen LogP contribution in [0, 0.1) is 0 Å². The molecule has 1 amide bonds. The summed E-state index contributed by atoms with van der Waals surface area (Å²) >= 11 is 3.23. The first-order chi connectivity index (χ1) is 9.28. The predicted octanol–water partition coefficient (Wildman–Crippen LogP) is 4.64. The molecule has 20 heavy (non-hydrogen) atoms.